The van der Waals surface area contributed by atoms with Crippen molar-refractivity contribution in [1.29, 1.82) is 0 Å². The number of ether oxygens (including phenoxy) is 4. The van der Waals surface area contributed by atoms with Crippen LogP contribution in [0.25, 0.3) is 0 Å². The smallest absolute Gasteiger partial charge is 0.310 e. The van der Waals surface area contributed by atoms with Gasteiger partial charge >= 0.3 is 11.9 Å². The van der Waals surface area contributed by atoms with Gasteiger partial charge in [-0.05, 0) is 35.8 Å². The largest absolute Gasteiger partial charge is 0.504 e. The molecule has 5 unspecified atom stereocenters. The number of phenolic OH excluding ortho intramolecular Hbond substituents is 2. The van der Waals surface area contributed by atoms with Crippen LogP contribution in [0.2, 0.25) is 0 Å². The first-order valence-corrected chi connectivity index (χ1v) is 12.0. The molecule has 1 aliphatic heterocycles. The minimum absolute atomic E-state index is 0.0516. The predicted molar refractivity (Wildman–Crippen MR) is 132 cm³/mol. The van der Waals surface area contributed by atoms with Crippen LogP contribution >= 0.6 is 0 Å². The highest BCUT2D eigenvalue weighted by atomic mass is 16.7. The van der Waals surface area contributed by atoms with Crippen LogP contribution in [0.3, 0.4) is 0 Å². The topological polar surface area (TPSA) is 172 Å². The Morgan fingerprint density at radius 1 is 0.921 bits per heavy atom. The highest BCUT2D eigenvalue weighted by Crippen LogP contribution is 2.29. The number of rotatable bonds is 11. The van der Waals surface area contributed by atoms with E-state index in [4.69, 9.17) is 24.1 Å². The first-order chi connectivity index (χ1) is 18.2. The summed E-state index contributed by atoms with van der Waals surface area (Å²) in [6, 6.07) is 12.6. The van der Waals surface area contributed by atoms with Crippen molar-refractivity contribution in [3.05, 3.63) is 71.3 Å². The van der Waals surface area contributed by atoms with Gasteiger partial charge in [-0.15, -0.1) is 0 Å². The van der Waals surface area contributed by atoms with E-state index in [1.807, 2.05) is 0 Å². The maximum Gasteiger partial charge on any atom is 0.310 e. The summed E-state index contributed by atoms with van der Waals surface area (Å²) in [5.41, 5.74) is 1.62. The summed E-state index contributed by atoms with van der Waals surface area (Å²) in [4.78, 5) is 25.6. The van der Waals surface area contributed by atoms with Gasteiger partial charge in [-0.25, -0.2) is 0 Å². The minimum Gasteiger partial charge on any atom is -0.504 e. The molecule has 5 N–H and O–H groups in total. The average Bonchev–Trinajstić information content (AvgIpc) is 2.88. The van der Waals surface area contributed by atoms with Gasteiger partial charge in [-0.1, -0.05) is 42.5 Å². The Morgan fingerprint density at radius 2 is 1.58 bits per heavy atom. The van der Waals surface area contributed by atoms with Gasteiger partial charge in [0.05, 0.1) is 32.7 Å². The number of carbonyl (C=O) groups is 2. The van der Waals surface area contributed by atoms with E-state index in [-0.39, 0.29) is 31.8 Å². The molecule has 206 valence electrons. The van der Waals surface area contributed by atoms with E-state index >= 15 is 0 Å². The Kier molecular flexibility index (Phi) is 10.6. The van der Waals surface area contributed by atoms with Crippen LogP contribution in [0.5, 0.6) is 11.5 Å². The summed E-state index contributed by atoms with van der Waals surface area (Å²) < 4.78 is 22.5. The Bertz CT molecular complexity index is 1100. The molecule has 0 aliphatic carbocycles. The normalized spacial score (nSPS) is 23.6. The quantitative estimate of drug-likeness (QED) is 0.157. The molecule has 0 aromatic heterocycles. The van der Waals surface area contributed by atoms with Crippen molar-refractivity contribution in [2.24, 2.45) is 0 Å². The van der Waals surface area contributed by atoms with Crippen molar-refractivity contribution in [2.45, 2.75) is 50.5 Å². The SMILES string of the molecule is CC(=CCO)COC1OC(CO)C(O)C(OC(=O)Cc2ccccc2)C1OC(=O)Cc1ccc(O)c(O)c1. The summed E-state index contributed by atoms with van der Waals surface area (Å²) in [5.74, 6) is -2.30. The number of hydrogen-bond donors (Lipinski definition) is 5. The number of esters is 2. The Hall–Kier alpha value is -3.48. The predicted octanol–water partition coefficient (Wildman–Crippen LogP) is 0.740. The fraction of sp³-hybridized carbons (Fsp3) is 0.407. The first-order valence-electron chi connectivity index (χ1n) is 12.0. The number of carbonyl (C=O) groups excluding carboxylic acids is 2. The number of aromatic hydroxyl groups is 2. The fourth-order valence-corrected chi connectivity index (χ4v) is 3.86. The fourth-order valence-electron chi connectivity index (χ4n) is 3.86. The van der Waals surface area contributed by atoms with E-state index in [1.54, 1.807) is 37.3 Å². The number of benzene rings is 2. The maximum atomic E-state index is 12.8. The second-order valence-electron chi connectivity index (χ2n) is 8.83. The van der Waals surface area contributed by atoms with E-state index < -0.39 is 55.0 Å². The van der Waals surface area contributed by atoms with Crippen molar-refractivity contribution in [3.8, 4) is 11.5 Å². The third kappa shape index (κ3) is 8.01. The summed E-state index contributed by atoms with van der Waals surface area (Å²) >= 11 is 0. The minimum atomic E-state index is -1.55. The van der Waals surface area contributed by atoms with Gasteiger partial charge in [0.15, 0.2) is 30.0 Å². The van der Waals surface area contributed by atoms with Crippen molar-refractivity contribution in [1.82, 2.24) is 0 Å². The van der Waals surface area contributed by atoms with Crippen LogP contribution in [0, 0.1) is 0 Å². The molecule has 1 fully saturated rings. The van der Waals surface area contributed by atoms with Gasteiger partial charge in [-0.2, -0.15) is 0 Å². The Morgan fingerprint density at radius 3 is 2.21 bits per heavy atom. The Balaban J connectivity index is 1.83. The van der Waals surface area contributed by atoms with E-state index in [2.05, 4.69) is 0 Å². The van der Waals surface area contributed by atoms with Crippen molar-refractivity contribution >= 4 is 11.9 Å². The molecule has 38 heavy (non-hydrogen) atoms. The maximum absolute atomic E-state index is 12.8. The lowest BCUT2D eigenvalue weighted by molar-refractivity contribution is -0.304. The van der Waals surface area contributed by atoms with Crippen LogP contribution in [-0.4, -0.2) is 88.0 Å². The first kappa shape index (κ1) is 29.1. The van der Waals surface area contributed by atoms with Crippen LogP contribution in [0.15, 0.2) is 60.2 Å². The standard InChI is InChI=1S/C27H32O11/c1-16(9-10-28)15-35-27-26(38-23(33)13-18-7-8-19(30)20(31)11-18)25(24(34)21(14-29)36-27)37-22(32)12-17-5-3-2-4-6-17/h2-9,11,21,24-31,34H,10,12-15H2,1H3. The van der Waals surface area contributed by atoms with Crippen molar-refractivity contribution in [2.75, 3.05) is 19.8 Å². The highest BCUT2D eigenvalue weighted by Gasteiger charge is 2.50. The molecule has 1 heterocycles. The van der Waals surface area contributed by atoms with Gasteiger partial charge < -0.3 is 44.5 Å². The number of aliphatic hydroxyl groups excluding tert-OH is 3. The molecule has 0 amide bonds. The van der Waals surface area contributed by atoms with Crippen LogP contribution < -0.4 is 0 Å². The molecular formula is C27H32O11. The highest BCUT2D eigenvalue weighted by molar-refractivity contribution is 5.74. The molecule has 0 radical (unpaired) electrons. The zero-order valence-corrected chi connectivity index (χ0v) is 20.8. The lowest BCUT2D eigenvalue weighted by Gasteiger charge is -2.42. The van der Waals surface area contributed by atoms with E-state index in [0.29, 0.717) is 16.7 Å². The molecule has 2 aromatic carbocycles. The number of phenols is 2. The van der Waals surface area contributed by atoms with E-state index in [0.717, 1.165) is 0 Å². The zero-order valence-electron chi connectivity index (χ0n) is 20.8. The third-order valence-corrected chi connectivity index (χ3v) is 5.83. The van der Waals surface area contributed by atoms with Crippen molar-refractivity contribution in [3.63, 3.8) is 0 Å². The van der Waals surface area contributed by atoms with E-state index in [9.17, 15) is 30.0 Å². The molecule has 2 aromatic rings. The molecule has 1 saturated heterocycles. The third-order valence-electron chi connectivity index (χ3n) is 5.83. The molecule has 1 aliphatic rings. The molecule has 5 atom stereocenters. The summed E-state index contributed by atoms with van der Waals surface area (Å²) in [6.45, 7) is 0.778. The second-order valence-corrected chi connectivity index (χ2v) is 8.83. The van der Waals surface area contributed by atoms with Crippen LogP contribution in [0.4, 0.5) is 0 Å². The van der Waals surface area contributed by atoms with Gasteiger partial charge in [0.25, 0.3) is 0 Å². The molecule has 11 heteroatoms. The van der Waals surface area contributed by atoms with Gasteiger partial charge in [0.1, 0.15) is 12.2 Å². The summed E-state index contributed by atoms with van der Waals surface area (Å²) in [7, 11) is 0. The summed E-state index contributed by atoms with van der Waals surface area (Å²) in [5, 5.41) is 48.9. The lowest BCUT2D eigenvalue weighted by atomic mass is 9.98. The molecule has 0 saturated carbocycles. The number of hydrogen-bond acceptors (Lipinski definition) is 11. The van der Waals surface area contributed by atoms with Gasteiger partial charge in [0.2, 0.25) is 0 Å². The second kappa shape index (κ2) is 13.9. The average molecular weight is 533 g/mol. The Labute approximate surface area is 219 Å². The number of aliphatic hydroxyl groups is 3. The van der Waals surface area contributed by atoms with Crippen LogP contribution in [0.1, 0.15) is 18.1 Å². The zero-order chi connectivity index (χ0) is 27.7. The molecular weight excluding hydrogens is 500 g/mol. The molecule has 11 nitrogen and oxygen atoms in total. The van der Waals surface area contributed by atoms with Crippen LogP contribution in [-0.2, 0) is 41.4 Å². The monoisotopic (exact) mass is 532 g/mol. The molecule has 3 rings (SSSR count). The van der Waals surface area contributed by atoms with Gasteiger partial charge in [0, 0.05) is 0 Å². The van der Waals surface area contributed by atoms with Gasteiger partial charge in [-0.3, -0.25) is 9.59 Å². The molecule has 0 spiro atoms. The van der Waals surface area contributed by atoms with E-state index in [1.165, 1.54) is 24.3 Å². The molecule has 0 bridgehead atoms. The lowest BCUT2D eigenvalue weighted by Crippen LogP contribution is -2.62. The summed E-state index contributed by atoms with van der Waals surface area (Å²) in [6.07, 6.45) is -5.92. The van der Waals surface area contributed by atoms with Crippen molar-refractivity contribution < 1.29 is 54.1 Å².